The summed E-state index contributed by atoms with van der Waals surface area (Å²) in [6.45, 7) is 1.79. The molecule has 1 atom stereocenters. The van der Waals surface area contributed by atoms with E-state index in [4.69, 9.17) is 5.26 Å². The van der Waals surface area contributed by atoms with Crippen LogP contribution in [0, 0.1) is 17.1 Å². The molecule has 0 N–H and O–H groups in total. The van der Waals surface area contributed by atoms with Crippen LogP contribution in [0.25, 0.3) is 0 Å². The Morgan fingerprint density at radius 2 is 2.33 bits per heavy atom. The van der Waals surface area contributed by atoms with Crippen molar-refractivity contribution >= 4 is 11.8 Å². The molecule has 1 rings (SSSR count). The van der Waals surface area contributed by atoms with Crippen molar-refractivity contribution in [2.75, 3.05) is 0 Å². The Kier molecular flexibility index (Phi) is 3.12. The van der Waals surface area contributed by atoms with Gasteiger partial charge in [0.2, 0.25) is 0 Å². The second-order valence-electron chi connectivity index (χ2n) is 2.35. The number of halogens is 1. The number of hydrogen-bond acceptors (Lipinski definition) is 2. The van der Waals surface area contributed by atoms with Gasteiger partial charge in [0.05, 0.1) is 11.3 Å². The van der Waals surface area contributed by atoms with Crippen LogP contribution < -0.4 is 0 Å². The van der Waals surface area contributed by atoms with Gasteiger partial charge in [-0.15, -0.1) is 11.8 Å². The van der Waals surface area contributed by atoms with Gasteiger partial charge in [0.1, 0.15) is 5.82 Å². The van der Waals surface area contributed by atoms with E-state index in [-0.39, 0.29) is 11.1 Å². The van der Waals surface area contributed by atoms with Crippen LogP contribution in [0.1, 0.15) is 6.92 Å². The van der Waals surface area contributed by atoms with E-state index in [1.54, 1.807) is 19.1 Å². The predicted molar refractivity (Wildman–Crippen MR) is 47.3 cm³/mol. The molecule has 0 amide bonds. The molecule has 3 heteroatoms. The zero-order valence-corrected chi connectivity index (χ0v) is 7.44. The summed E-state index contributed by atoms with van der Waals surface area (Å²) < 4.78 is 12.6. The summed E-state index contributed by atoms with van der Waals surface area (Å²) in [6, 6.07) is 8.33. The van der Waals surface area contributed by atoms with Gasteiger partial charge in [-0.2, -0.15) is 5.26 Å². The third-order valence-electron chi connectivity index (χ3n) is 1.29. The fourth-order valence-corrected chi connectivity index (χ4v) is 1.57. The van der Waals surface area contributed by atoms with E-state index in [9.17, 15) is 4.39 Å². The number of thioether (sulfide) groups is 1. The van der Waals surface area contributed by atoms with E-state index in [1.807, 2.05) is 0 Å². The van der Waals surface area contributed by atoms with Gasteiger partial charge in [-0.1, -0.05) is 6.07 Å². The lowest BCUT2D eigenvalue weighted by Gasteiger charge is -2.01. The van der Waals surface area contributed by atoms with Crippen molar-refractivity contribution in [2.45, 2.75) is 17.1 Å². The first-order valence-electron chi connectivity index (χ1n) is 3.54. The Bertz CT molecular complexity index is 306. The van der Waals surface area contributed by atoms with E-state index in [2.05, 4.69) is 6.07 Å². The van der Waals surface area contributed by atoms with Crippen molar-refractivity contribution in [3.05, 3.63) is 30.1 Å². The van der Waals surface area contributed by atoms with E-state index in [1.165, 1.54) is 23.9 Å². The second-order valence-corrected chi connectivity index (χ2v) is 3.76. The minimum absolute atomic E-state index is 0.133. The number of rotatable bonds is 2. The Morgan fingerprint density at radius 1 is 1.58 bits per heavy atom. The predicted octanol–water partition coefficient (Wildman–Crippen LogP) is 2.83. The first-order chi connectivity index (χ1) is 5.72. The van der Waals surface area contributed by atoms with E-state index in [0.29, 0.717) is 0 Å². The lowest BCUT2D eigenvalue weighted by molar-refractivity contribution is 0.624. The highest BCUT2D eigenvalue weighted by Crippen LogP contribution is 2.22. The molecule has 1 aromatic carbocycles. The minimum atomic E-state index is -0.259. The summed E-state index contributed by atoms with van der Waals surface area (Å²) in [5.41, 5.74) is 0. The van der Waals surface area contributed by atoms with Crippen molar-refractivity contribution < 1.29 is 4.39 Å². The van der Waals surface area contributed by atoms with Crippen LogP contribution in [0.15, 0.2) is 29.2 Å². The lowest BCUT2D eigenvalue weighted by atomic mass is 10.3. The quantitative estimate of drug-likeness (QED) is 0.655. The molecule has 62 valence electrons. The smallest absolute Gasteiger partial charge is 0.124 e. The molecule has 0 aliphatic heterocycles. The van der Waals surface area contributed by atoms with Crippen LogP contribution in [0.2, 0.25) is 0 Å². The average molecular weight is 181 g/mol. The van der Waals surface area contributed by atoms with Gasteiger partial charge >= 0.3 is 0 Å². The van der Waals surface area contributed by atoms with Crippen LogP contribution in [-0.4, -0.2) is 5.25 Å². The maximum absolute atomic E-state index is 12.6. The largest absolute Gasteiger partial charge is 0.207 e. The molecule has 12 heavy (non-hydrogen) atoms. The van der Waals surface area contributed by atoms with Crippen LogP contribution in [0.3, 0.4) is 0 Å². The molecule has 0 saturated carbocycles. The lowest BCUT2D eigenvalue weighted by Crippen LogP contribution is -1.89. The topological polar surface area (TPSA) is 23.8 Å². The van der Waals surface area contributed by atoms with Gasteiger partial charge < -0.3 is 0 Å². The van der Waals surface area contributed by atoms with Gasteiger partial charge in [-0.3, -0.25) is 0 Å². The highest BCUT2D eigenvalue weighted by molar-refractivity contribution is 8.00. The van der Waals surface area contributed by atoms with Gasteiger partial charge in [-0.25, -0.2) is 4.39 Å². The standard InChI is InChI=1S/C9H8FNS/c1-7(6-11)12-9-4-2-3-8(10)5-9/h2-5,7H,1H3. The Balaban J connectivity index is 2.71. The molecule has 1 nitrogen and oxygen atoms in total. The Hall–Kier alpha value is -1.01. The normalized spacial score (nSPS) is 12.1. The number of hydrogen-bond donors (Lipinski definition) is 0. The summed E-state index contributed by atoms with van der Waals surface area (Å²) in [7, 11) is 0. The highest BCUT2D eigenvalue weighted by Gasteiger charge is 2.02. The number of nitrogens with zero attached hydrogens (tertiary/aromatic N) is 1. The van der Waals surface area contributed by atoms with Gasteiger partial charge in [-0.05, 0) is 25.1 Å². The molecule has 0 bridgehead atoms. The summed E-state index contributed by atoms with van der Waals surface area (Å²) in [4.78, 5) is 0.795. The molecular formula is C9H8FNS. The monoisotopic (exact) mass is 181 g/mol. The molecule has 0 aliphatic rings. The van der Waals surface area contributed by atoms with E-state index in [0.717, 1.165) is 4.90 Å². The third kappa shape index (κ3) is 2.55. The van der Waals surface area contributed by atoms with Crippen molar-refractivity contribution in [1.82, 2.24) is 0 Å². The van der Waals surface area contributed by atoms with Gasteiger partial charge in [0, 0.05) is 4.90 Å². The molecule has 0 aromatic heterocycles. The molecule has 0 spiro atoms. The molecule has 0 fully saturated rings. The summed E-state index contributed by atoms with van der Waals surface area (Å²) in [5, 5.41) is 8.37. The molecule has 0 saturated heterocycles. The van der Waals surface area contributed by atoms with Crippen LogP contribution in [0.4, 0.5) is 4.39 Å². The van der Waals surface area contributed by atoms with Gasteiger partial charge in [0.25, 0.3) is 0 Å². The maximum Gasteiger partial charge on any atom is 0.124 e. The maximum atomic E-state index is 12.6. The fourth-order valence-electron chi connectivity index (χ4n) is 0.771. The molecule has 0 radical (unpaired) electrons. The van der Waals surface area contributed by atoms with Crippen LogP contribution in [0.5, 0.6) is 0 Å². The molecule has 0 aliphatic carbocycles. The summed E-state index contributed by atoms with van der Waals surface area (Å²) >= 11 is 1.36. The van der Waals surface area contributed by atoms with Crippen LogP contribution in [-0.2, 0) is 0 Å². The number of nitriles is 1. The van der Waals surface area contributed by atoms with Crippen molar-refractivity contribution in [2.24, 2.45) is 0 Å². The van der Waals surface area contributed by atoms with Crippen molar-refractivity contribution in [3.8, 4) is 6.07 Å². The molecule has 1 unspecified atom stereocenters. The van der Waals surface area contributed by atoms with E-state index < -0.39 is 0 Å². The minimum Gasteiger partial charge on any atom is -0.207 e. The zero-order valence-electron chi connectivity index (χ0n) is 6.62. The van der Waals surface area contributed by atoms with Crippen molar-refractivity contribution in [1.29, 1.82) is 5.26 Å². The van der Waals surface area contributed by atoms with Gasteiger partial charge in [0.15, 0.2) is 0 Å². The summed E-state index contributed by atoms with van der Waals surface area (Å²) in [6.07, 6.45) is 0. The highest BCUT2D eigenvalue weighted by atomic mass is 32.2. The SMILES string of the molecule is CC(C#N)Sc1cccc(F)c1. The first kappa shape index (κ1) is 9.08. The zero-order chi connectivity index (χ0) is 8.97. The first-order valence-corrected chi connectivity index (χ1v) is 4.42. The van der Waals surface area contributed by atoms with Crippen LogP contribution >= 0.6 is 11.8 Å². The molecular weight excluding hydrogens is 173 g/mol. The van der Waals surface area contributed by atoms with Crippen molar-refractivity contribution in [3.63, 3.8) is 0 Å². The molecule has 1 aromatic rings. The second kappa shape index (κ2) is 4.13. The Labute approximate surface area is 75.2 Å². The Morgan fingerprint density at radius 3 is 2.92 bits per heavy atom. The van der Waals surface area contributed by atoms with E-state index >= 15 is 0 Å². The molecule has 0 heterocycles. The average Bonchev–Trinajstić information content (AvgIpc) is 2.04. The fraction of sp³-hybridized carbons (Fsp3) is 0.222. The number of benzene rings is 1. The third-order valence-corrected chi connectivity index (χ3v) is 2.28. The summed E-state index contributed by atoms with van der Waals surface area (Å²) in [5.74, 6) is -0.259.